The van der Waals surface area contributed by atoms with E-state index in [1.54, 1.807) is 32.0 Å². The van der Waals surface area contributed by atoms with Crippen LogP contribution in [-0.4, -0.2) is 34.4 Å². The number of nitrogens with one attached hydrogen (secondary N) is 2. The summed E-state index contributed by atoms with van der Waals surface area (Å²) in [5.41, 5.74) is 0.569. The highest BCUT2D eigenvalue weighted by molar-refractivity contribution is 5.59. The SMILES string of the molecule is COc1cccc(C(c2c(O)cc(=O)[nH]c2C)c2c(O)cc(C)[nH]c2=O)c1OC. The fourth-order valence-corrected chi connectivity index (χ4v) is 3.60. The maximum absolute atomic E-state index is 12.9. The second kappa shape index (κ2) is 7.75. The maximum atomic E-state index is 12.9. The number of aromatic hydroxyl groups is 2. The van der Waals surface area contributed by atoms with Crippen LogP contribution in [-0.2, 0) is 0 Å². The van der Waals surface area contributed by atoms with Crippen molar-refractivity contribution in [2.45, 2.75) is 19.8 Å². The quantitative estimate of drug-likeness (QED) is 0.523. The summed E-state index contributed by atoms with van der Waals surface area (Å²) in [6.45, 7) is 3.25. The molecule has 1 unspecified atom stereocenters. The molecule has 0 saturated heterocycles. The number of para-hydroxylation sites is 1. The van der Waals surface area contributed by atoms with Crippen molar-refractivity contribution in [3.05, 3.63) is 79.1 Å². The maximum Gasteiger partial charge on any atom is 0.256 e. The standard InChI is InChI=1S/C21H22N2O6/c1-10-8-13(24)19(21(27)22-10)18(17-11(2)23-16(26)9-14(17)25)12-6-5-7-15(28-3)20(12)29-4/h5-9,18H,1-4H3,(H2,22,24,27)(H2,23,25,26). The monoisotopic (exact) mass is 398 g/mol. The number of aryl methyl sites for hydroxylation is 2. The molecule has 0 aliphatic carbocycles. The van der Waals surface area contributed by atoms with E-state index >= 15 is 0 Å². The Morgan fingerprint density at radius 3 is 2.21 bits per heavy atom. The fraction of sp³-hybridized carbons (Fsp3) is 0.238. The van der Waals surface area contributed by atoms with Crippen LogP contribution in [0.4, 0.5) is 0 Å². The van der Waals surface area contributed by atoms with Gasteiger partial charge in [0.05, 0.1) is 25.7 Å². The molecular weight excluding hydrogens is 376 g/mol. The molecule has 3 aromatic rings. The Bertz CT molecular complexity index is 1150. The number of aromatic amines is 2. The highest BCUT2D eigenvalue weighted by Gasteiger charge is 2.31. The summed E-state index contributed by atoms with van der Waals surface area (Å²) in [5.74, 6) is -0.739. The average molecular weight is 398 g/mol. The number of rotatable bonds is 5. The summed E-state index contributed by atoms with van der Waals surface area (Å²) in [4.78, 5) is 29.9. The number of pyridine rings is 2. The minimum atomic E-state index is -0.943. The van der Waals surface area contributed by atoms with Crippen LogP contribution in [0.3, 0.4) is 0 Å². The van der Waals surface area contributed by atoms with E-state index in [1.807, 2.05) is 0 Å². The Morgan fingerprint density at radius 2 is 1.62 bits per heavy atom. The van der Waals surface area contributed by atoms with E-state index in [9.17, 15) is 19.8 Å². The highest BCUT2D eigenvalue weighted by Crippen LogP contribution is 2.45. The van der Waals surface area contributed by atoms with Crippen molar-refractivity contribution in [3.8, 4) is 23.0 Å². The van der Waals surface area contributed by atoms with E-state index in [1.165, 1.54) is 20.3 Å². The third-order valence-corrected chi connectivity index (χ3v) is 4.76. The Hall–Kier alpha value is -3.68. The molecule has 0 aliphatic rings. The Balaban J connectivity index is 2.46. The number of benzene rings is 1. The van der Waals surface area contributed by atoms with Crippen molar-refractivity contribution in [1.29, 1.82) is 0 Å². The molecule has 1 aromatic carbocycles. The molecule has 3 rings (SSSR count). The van der Waals surface area contributed by atoms with Gasteiger partial charge in [0.15, 0.2) is 11.5 Å². The fourth-order valence-electron chi connectivity index (χ4n) is 3.60. The Labute approximate surface area is 166 Å². The van der Waals surface area contributed by atoms with E-state index in [0.717, 1.165) is 6.07 Å². The molecule has 0 spiro atoms. The zero-order valence-corrected chi connectivity index (χ0v) is 16.5. The number of methoxy groups -OCH3 is 2. The Kier molecular flexibility index (Phi) is 5.36. The first-order valence-electron chi connectivity index (χ1n) is 8.84. The largest absolute Gasteiger partial charge is 0.507 e. The number of H-pyrrole nitrogens is 2. The number of aromatic nitrogens is 2. The average Bonchev–Trinajstić information content (AvgIpc) is 2.64. The van der Waals surface area contributed by atoms with Crippen LogP contribution in [0.15, 0.2) is 39.9 Å². The second-order valence-electron chi connectivity index (χ2n) is 6.65. The highest BCUT2D eigenvalue weighted by atomic mass is 16.5. The van der Waals surface area contributed by atoms with Crippen LogP contribution in [0.5, 0.6) is 23.0 Å². The third-order valence-electron chi connectivity index (χ3n) is 4.76. The van der Waals surface area contributed by atoms with Gasteiger partial charge in [-0.3, -0.25) is 9.59 Å². The van der Waals surface area contributed by atoms with Crippen molar-refractivity contribution in [3.63, 3.8) is 0 Å². The summed E-state index contributed by atoms with van der Waals surface area (Å²) in [6, 6.07) is 7.56. The molecule has 0 fully saturated rings. The molecule has 0 saturated carbocycles. The van der Waals surface area contributed by atoms with E-state index < -0.39 is 17.0 Å². The summed E-state index contributed by atoms with van der Waals surface area (Å²) in [5, 5.41) is 21.3. The number of hydrogen-bond acceptors (Lipinski definition) is 6. The van der Waals surface area contributed by atoms with Gasteiger partial charge in [-0.05, 0) is 26.0 Å². The Morgan fingerprint density at radius 1 is 0.931 bits per heavy atom. The molecular formula is C21H22N2O6. The normalized spacial score (nSPS) is 11.9. The summed E-state index contributed by atoms with van der Waals surface area (Å²) < 4.78 is 10.9. The van der Waals surface area contributed by atoms with Gasteiger partial charge < -0.3 is 29.7 Å². The molecule has 1 atom stereocenters. The van der Waals surface area contributed by atoms with Crippen LogP contribution in [0.25, 0.3) is 0 Å². The number of hydrogen-bond donors (Lipinski definition) is 4. The molecule has 0 radical (unpaired) electrons. The number of ether oxygens (including phenoxy) is 2. The topological polar surface area (TPSA) is 125 Å². The van der Waals surface area contributed by atoms with Gasteiger partial charge in [0.2, 0.25) is 0 Å². The molecule has 2 heterocycles. The lowest BCUT2D eigenvalue weighted by Gasteiger charge is -2.24. The molecule has 0 bridgehead atoms. The minimum absolute atomic E-state index is 0.00704. The van der Waals surface area contributed by atoms with Gasteiger partial charge in [0, 0.05) is 28.6 Å². The second-order valence-corrected chi connectivity index (χ2v) is 6.65. The molecule has 4 N–H and O–H groups in total. The van der Waals surface area contributed by atoms with Crippen molar-refractivity contribution >= 4 is 0 Å². The minimum Gasteiger partial charge on any atom is -0.507 e. The van der Waals surface area contributed by atoms with Crippen LogP contribution in [0.1, 0.15) is 34.0 Å². The van der Waals surface area contributed by atoms with Gasteiger partial charge in [-0.2, -0.15) is 0 Å². The predicted molar refractivity (Wildman–Crippen MR) is 107 cm³/mol. The van der Waals surface area contributed by atoms with Crippen LogP contribution >= 0.6 is 0 Å². The smallest absolute Gasteiger partial charge is 0.256 e. The summed E-state index contributed by atoms with van der Waals surface area (Å²) in [7, 11) is 2.94. The van der Waals surface area contributed by atoms with Gasteiger partial charge >= 0.3 is 0 Å². The lowest BCUT2D eigenvalue weighted by atomic mass is 9.83. The third kappa shape index (κ3) is 3.56. The van der Waals surface area contributed by atoms with Crippen molar-refractivity contribution < 1.29 is 19.7 Å². The molecule has 29 heavy (non-hydrogen) atoms. The lowest BCUT2D eigenvalue weighted by Crippen LogP contribution is -2.21. The van der Waals surface area contributed by atoms with Crippen molar-refractivity contribution in [2.24, 2.45) is 0 Å². The van der Waals surface area contributed by atoms with Gasteiger partial charge in [-0.15, -0.1) is 0 Å². The first kappa shape index (κ1) is 20.1. The first-order valence-corrected chi connectivity index (χ1v) is 8.84. The van der Waals surface area contributed by atoms with Crippen LogP contribution in [0.2, 0.25) is 0 Å². The van der Waals surface area contributed by atoms with Gasteiger partial charge in [-0.1, -0.05) is 12.1 Å². The van der Waals surface area contributed by atoms with E-state index in [4.69, 9.17) is 9.47 Å². The van der Waals surface area contributed by atoms with Gasteiger partial charge in [-0.25, -0.2) is 0 Å². The summed E-state index contributed by atoms with van der Waals surface area (Å²) >= 11 is 0. The predicted octanol–water partition coefficient (Wildman–Crippen LogP) is 2.29. The van der Waals surface area contributed by atoms with Crippen molar-refractivity contribution in [2.75, 3.05) is 14.2 Å². The summed E-state index contributed by atoms with van der Waals surface area (Å²) in [6.07, 6.45) is 0. The van der Waals surface area contributed by atoms with Crippen LogP contribution < -0.4 is 20.6 Å². The zero-order chi connectivity index (χ0) is 21.3. The molecule has 2 aromatic heterocycles. The first-order chi connectivity index (χ1) is 13.8. The zero-order valence-electron chi connectivity index (χ0n) is 16.5. The molecule has 8 nitrogen and oxygen atoms in total. The van der Waals surface area contributed by atoms with E-state index in [-0.39, 0.29) is 22.6 Å². The van der Waals surface area contributed by atoms with E-state index in [2.05, 4.69) is 9.97 Å². The van der Waals surface area contributed by atoms with Gasteiger partial charge in [0.25, 0.3) is 11.1 Å². The van der Waals surface area contributed by atoms with Crippen molar-refractivity contribution in [1.82, 2.24) is 9.97 Å². The molecule has 152 valence electrons. The molecule has 0 aliphatic heterocycles. The lowest BCUT2D eigenvalue weighted by molar-refractivity contribution is 0.350. The van der Waals surface area contributed by atoms with Crippen LogP contribution in [0, 0.1) is 13.8 Å². The van der Waals surface area contributed by atoms with Gasteiger partial charge in [0.1, 0.15) is 11.5 Å². The molecule has 0 amide bonds. The molecule has 8 heteroatoms. The van der Waals surface area contributed by atoms with E-state index in [0.29, 0.717) is 28.5 Å².